The van der Waals surface area contributed by atoms with E-state index in [1.54, 1.807) is 6.07 Å². The monoisotopic (exact) mass is 296 g/mol. The first-order chi connectivity index (χ1) is 10.6. The van der Waals surface area contributed by atoms with Crippen LogP contribution in [0.15, 0.2) is 30.6 Å². The van der Waals surface area contributed by atoms with Gasteiger partial charge in [-0.25, -0.2) is 9.97 Å². The number of anilines is 2. The van der Waals surface area contributed by atoms with Crippen molar-refractivity contribution < 1.29 is 4.79 Å². The first kappa shape index (κ1) is 14.5. The number of hydrogen-bond donors (Lipinski definition) is 1. The third kappa shape index (κ3) is 3.08. The third-order valence-electron chi connectivity index (χ3n) is 4.08. The van der Waals surface area contributed by atoms with Crippen molar-refractivity contribution in [2.75, 3.05) is 23.3 Å². The molecule has 1 aliphatic heterocycles. The Bertz CT molecular complexity index is 693. The van der Waals surface area contributed by atoms with E-state index >= 15 is 0 Å². The summed E-state index contributed by atoms with van der Waals surface area (Å²) < 4.78 is 0. The van der Waals surface area contributed by atoms with Crippen LogP contribution in [0.5, 0.6) is 0 Å². The minimum Gasteiger partial charge on any atom is -0.357 e. The van der Waals surface area contributed by atoms with Crippen molar-refractivity contribution in [2.45, 2.75) is 26.7 Å². The van der Waals surface area contributed by atoms with Crippen LogP contribution in [0, 0.1) is 13.8 Å². The highest BCUT2D eigenvalue weighted by molar-refractivity contribution is 6.03. The van der Waals surface area contributed by atoms with Crippen LogP contribution in [0.25, 0.3) is 0 Å². The number of aryl methyl sites for hydroxylation is 2. The van der Waals surface area contributed by atoms with Gasteiger partial charge in [0.05, 0.1) is 0 Å². The Kier molecular flexibility index (Phi) is 4.04. The Balaban J connectivity index is 1.76. The molecule has 22 heavy (non-hydrogen) atoms. The van der Waals surface area contributed by atoms with Crippen LogP contribution >= 0.6 is 0 Å². The maximum Gasteiger partial charge on any atom is 0.274 e. The zero-order valence-corrected chi connectivity index (χ0v) is 13.0. The molecule has 1 N–H and O–H groups in total. The van der Waals surface area contributed by atoms with Crippen molar-refractivity contribution in [1.29, 1.82) is 0 Å². The van der Waals surface area contributed by atoms with Crippen molar-refractivity contribution in [1.82, 2.24) is 9.97 Å². The van der Waals surface area contributed by atoms with E-state index in [0.717, 1.165) is 30.2 Å². The van der Waals surface area contributed by atoms with Gasteiger partial charge in [-0.3, -0.25) is 4.79 Å². The molecule has 0 atom stereocenters. The van der Waals surface area contributed by atoms with Gasteiger partial charge in [0.2, 0.25) is 0 Å². The Morgan fingerprint density at radius 3 is 2.59 bits per heavy atom. The van der Waals surface area contributed by atoms with Gasteiger partial charge in [-0.15, -0.1) is 0 Å². The van der Waals surface area contributed by atoms with Crippen molar-refractivity contribution >= 4 is 17.4 Å². The zero-order valence-electron chi connectivity index (χ0n) is 13.0. The molecule has 2 heterocycles. The van der Waals surface area contributed by atoms with E-state index in [1.807, 2.05) is 32.0 Å². The van der Waals surface area contributed by atoms with Gasteiger partial charge in [0, 0.05) is 24.8 Å². The number of nitrogens with zero attached hydrogens (tertiary/aromatic N) is 3. The van der Waals surface area contributed by atoms with E-state index in [0.29, 0.717) is 5.69 Å². The van der Waals surface area contributed by atoms with Gasteiger partial charge < -0.3 is 10.2 Å². The molecule has 0 spiro atoms. The average molecular weight is 296 g/mol. The highest BCUT2D eigenvalue weighted by Gasteiger charge is 2.16. The van der Waals surface area contributed by atoms with E-state index in [9.17, 15) is 4.79 Å². The van der Waals surface area contributed by atoms with Crippen LogP contribution in [-0.2, 0) is 0 Å². The minimum absolute atomic E-state index is 0.203. The summed E-state index contributed by atoms with van der Waals surface area (Å²) in [6.45, 7) is 6.07. The summed E-state index contributed by atoms with van der Waals surface area (Å²) in [6.07, 6.45) is 3.81. The second-order valence-corrected chi connectivity index (χ2v) is 5.71. The van der Waals surface area contributed by atoms with Crippen LogP contribution in [0.4, 0.5) is 11.5 Å². The molecule has 0 unspecified atom stereocenters. The molecular formula is C17H20N4O. The van der Waals surface area contributed by atoms with Gasteiger partial charge >= 0.3 is 0 Å². The second kappa shape index (κ2) is 6.13. The molecule has 1 aromatic heterocycles. The fourth-order valence-corrected chi connectivity index (χ4v) is 2.60. The number of nitrogens with one attached hydrogen (secondary N) is 1. The number of amides is 1. The van der Waals surface area contributed by atoms with Crippen molar-refractivity contribution in [3.63, 3.8) is 0 Å². The molecule has 1 aromatic carbocycles. The third-order valence-corrected chi connectivity index (χ3v) is 4.08. The Morgan fingerprint density at radius 2 is 1.86 bits per heavy atom. The van der Waals surface area contributed by atoms with Gasteiger partial charge in [-0.2, -0.15) is 0 Å². The molecule has 1 saturated heterocycles. The van der Waals surface area contributed by atoms with Crippen LogP contribution in [0.1, 0.15) is 34.5 Å². The maximum absolute atomic E-state index is 12.4. The van der Waals surface area contributed by atoms with Crippen LogP contribution < -0.4 is 10.2 Å². The lowest BCUT2D eigenvalue weighted by Crippen LogP contribution is -2.21. The Hall–Kier alpha value is -2.43. The Morgan fingerprint density at radius 1 is 1.09 bits per heavy atom. The van der Waals surface area contributed by atoms with E-state index in [-0.39, 0.29) is 5.91 Å². The van der Waals surface area contributed by atoms with E-state index in [2.05, 4.69) is 20.2 Å². The molecule has 0 radical (unpaired) electrons. The molecule has 114 valence electrons. The van der Waals surface area contributed by atoms with E-state index < -0.39 is 0 Å². The smallest absolute Gasteiger partial charge is 0.274 e. The number of hydrogen-bond acceptors (Lipinski definition) is 4. The summed E-state index contributed by atoms with van der Waals surface area (Å²) in [4.78, 5) is 22.9. The van der Waals surface area contributed by atoms with Crippen molar-refractivity contribution in [2.24, 2.45) is 0 Å². The summed E-state index contributed by atoms with van der Waals surface area (Å²) in [5, 5.41) is 2.90. The average Bonchev–Trinajstić information content (AvgIpc) is 3.05. The number of rotatable bonds is 3. The van der Waals surface area contributed by atoms with Crippen molar-refractivity contribution in [3.05, 3.63) is 47.4 Å². The summed E-state index contributed by atoms with van der Waals surface area (Å²) >= 11 is 0. The Labute approximate surface area is 130 Å². The molecule has 5 heteroatoms. The number of aromatic nitrogens is 2. The minimum atomic E-state index is -0.203. The fraction of sp³-hybridized carbons (Fsp3) is 0.353. The summed E-state index contributed by atoms with van der Waals surface area (Å²) in [5.41, 5.74) is 3.54. The largest absolute Gasteiger partial charge is 0.357 e. The summed E-state index contributed by atoms with van der Waals surface area (Å²) in [6, 6.07) is 7.64. The topological polar surface area (TPSA) is 58.1 Å². The molecule has 0 aliphatic carbocycles. The predicted molar refractivity (Wildman–Crippen MR) is 87.3 cm³/mol. The highest BCUT2D eigenvalue weighted by atomic mass is 16.1. The van der Waals surface area contributed by atoms with Gasteiger partial charge in [0.25, 0.3) is 5.91 Å². The lowest BCUT2D eigenvalue weighted by molar-refractivity contribution is 0.102. The first-order valence-electron chi connectivity index (χ1n) is 7.59. The second-order valence-electron chi connectivity index (χ2n) is 5.71. The molecule has 1 fully saturated rings. The number of carbonyl (C=O) groups excluding carboxylic acids is 1. The van der Waals surface area contributed by atoms with E-state index in [1.165, 1.54) is 24.7 Å². The fourth-order valence-electron chi connectivity index (χ4n) is 2.60. The molecule has 5 nitrogen and oxygen atoms in total. The normalized spacial score (nSPS) is 14.2. The van der Waals surface area contributed by atoms with E-state index in [4.69, 9.17) is 0 Å². The predicted octanol–water partition coefficient (Wildman–Crippen LogP) is 2.95. The standard InChI is InChI=1S/C17H20N4O/c1-12-5-6-14(9-13(12)2)20-17(22)15-10-16(19-11-18-15)21-7-3-4-8-21/h5-6,9-11H,3-4,7-8H2,1-2H3,(H,20,22). The molecular weight excluding hydrogens is 276 g/mol. The maximum atomic E-state index is 12.4. The zero-order chi connectivity index (χ0) is 15.5. The summed E-state index contributed by atoms with van der Waals surface area (Å²) in [5.74, 6) is 0.629. The van der Waals surface area contributed by atoms with Crippen LogP contribution in [0.2, 0.25) is 0 Å². The first-order valence-corrected chi connectivity index (χ1v) is 7.59. The van der Waals surface area contributed by atoms with Gasteiger partial charge in [-0.1, -0.05) is 6.07 Å². The highest BCUT2D eigenvalue weighted by Crippen LogP contribution is 2.19. The molecule has 1 amide bonds. The molecule has 0 bridgehead atoms. The molecule has 0 saturated carbocycles. The SMILES string of the molecule is Cc1ccc(NC(=O)c2cc(N3CCCC3)ncn2)cc1C. The van der Waals surface area contributed by atoms with Crippen LogP contribution in [-0.4, -0.2) is 29.0 Å². The summed E-state index contributed by atoms with van der Waals surface area (Å²) in [7, 11) is 0. The molecule has 3 rings (SSSR count). The van der Waals surface area contributed by atoms with Crippen LogP contribution in [0.3, 0.4) is 0 Å². The van der Waals surface area contributed by atoms with Gasteiger partial charge in [-0.05, 0) is 49.9 Å². The molecule has 1 aliphatic rings. The van der Waals surface area contributed by atoms with Crippen molar-refractivity contribution in [3.8, 4) is 0 Å². The number of carbonyl (C=O) groups is 1. The number of benzene rings is 1. The lowest BCUT2D eigenvalue weighted by Gasteiger charge is -2.16. The van der Waals surface area contributed by atoms with Gasteiger partial charge in [0.15, 0.2) is 0 Å². The quantitative estimate of drug-likeness (QED) is 0.946. The lowest BCUT2D eigenvalue weighted by atomic mass is 10.1. The molecule has 2 aromatic rings. The van der Waals surface area contributed by atoms with Gasteiger partial charge in [0.1, 0.15) is 17.8 Å².